The van der Waals surface area contributed by atoms with E-state index in [1.54, 1.807) is 36.0 Å². The first-order chi connectivity index (χ1) is 15.9. The van der Waals surface area contributed by atoms with Crippen LogP contribution < -0.4 is 0 Å². The quantitative estimate of drug-likeness (QED) is 0.765. The highest BCUT2D eigenvalue weighted by Gasteiger charge is 2.38. The van der Waals surface area contributed by atoms with Gasteiger partial charge in [0.25, 0.3) is 5.91 Å². The van der Waals surface area contributed by atoms with E-state index in [0.717, 1.165) is 24.8 Å². The molecule has 2 aliphatic rings. The molecule has 33 heavy (non-hydrogen) atoms. The lowest BCUT2D eigenvalue weighted by Crippen LogP contribution is -2.49. The van der Waals surface area contributed by atoms with Gasteiger partial charge >= 0.3 is 0 Å². The van der Waals surface area contributed by atoms with Crippen molar-refractivity contribution in [1.29, 1.82) is 0 Å². The van der Waals surface area contributed by atoms with Crippen LogP contribution in [0.5, 0.6) is 5.75 Å². The average Bonchev–Trinajstić information content (AvgIpc) is 3.19. The van der Waals surface area contributed by atoms with Gasteiger partial charge in [0.1, 0.15) is 11.8 Å². The number of rotatable bonds is 4. The fourth-order valence-corrected chi connectivity index (χ4v) is 4.74. The molecule has 1 N–H and O–H groups in total. The van der Waals surface area contributed by atoms with Gasteiger partial charge in [-0.25, -0.2) is 0 Å². The molecule has 2 aliphatic heterocycles. The number of aromatic hydroxyl groups is 1. The van der Waals surface area contributed by atoms with Crippen molar-refractivity contribution in [3.05, 3.63) is 42.0 Å². The van der Waals surface area contributed by atoms with Crippen LogP contribution in [0.4, 0.5) is 0 Å². The van der Waals surface area contributed by atoms with Gasteiger partial charge in [-0.2, -0.15) is 0 Å². The Balaban J connectivity index is 1.46. The number of fused-ring (bicyclic) bond motifs is 1. The topological polar surface area (TPSA) is 84.4 Å². The predicted octanol–water partition coefficient (Wildman–Crippen LogP) is 1.77. The van der Waals surface area contributed by atoms with Crippen LogP contribution >= 0.6 is 0 Å². The van der Waals surface area contributed by atoms with Crippen LogP contribution in [0.1, 0.15) is 29.6 Å². The molecule has 8 heteroatoms. The molecule has 1 atom stereocenters. The lowest BCUT2D eigenvalue weighted by Gasteiger charge is -2.30. The molecular weight excluding hydrogens is 420 g/mol. The van der Waals surface area contributed by atoms with Crippen LogP contribution in [-0.4, -0.2) is 102 Å². The zero-order valence-electron chi connectivity index (χ0n) is 19.4. The Kier molecular flexibility index (Phi) is 6.83. The Hall–Kier alpha value is -3.13. The highest BCUT2D eigenvalue weighted by molar-refractivity contribution is 6.05. The van der Waals surface area contributed by atoms with Crippen molar-refractivity contribution in [2.24, 2.45) is 0 Å². The second kappa shape index (κ2) is 9.79. The molecule has 8 nitrogen and oxygen atoms in total. The fraction of sp³-hybridized carbons (Fsp3) is 0.480. The van der Waals surface area contributed by atoms with Gasteiger partial charge in [-0.1, -0.05) is 30.3 Å². The number of phenols is 1. The highest BCUT2D eigenvalue weighted by Crippen LogP contribution is 2.31. The third-order valence-electron chi connectivity index (χ3n) is 6.69. The maximum Gasteiger partial charge on any atom is 0.258 e. The number of likely N-dealkylation sites (N-methyl/N-ethyl adjacent to an activating group) is 1. The van der Waals surface area contributed by atoms with Crippen LogP contribution in [0.2, 0.25) is 0 Å². The number of hydrogen-bond donors (Lipinski definition) is 1. The van der Waals surface area contributed by atoms with Crippen molar-refractivity contribution in [1.82, 2.24) is 19.6 Å². The van der Waals surface area contributed by atoms with E-state index in [1.165, 1.54) is 0 Å². The Morgan fingerprint density at radius 3 is 2.55 bits per heavy atom. The van der Waals surface area contributed by atoms with Crippen molar-refractivity contribution in [2.45, 2.75) is 25.3 Å². The van der Waals surface area contributed by atoms with Gasteiger partial charge in [0, 0.05) is 52.2 Å². The van der Waals surface area contributed by atoms with E-state index in [2.05, 4.69) is 4.90 Å². The van der Waals surface area contributed by atoms with E-state index in [9.17, 15) is 19.5 Å². The molecule has 0 saturated carbocycles. The first kappa shape index (κ1) is 23.0. The van der Waals surface area contributed by atoms with Gasteiger partial charge in [0.15, 0.2) is 0 Å². The summed E-state index contributed by atoms with van der Waals surface area (Å²) in [6.07, 6.45) is 2.17. The number of carbonyl (C=O) groups is 3. The summed E-state index contributed by atoms with van der Waals surface area (Å²) in [6, 6.07) is 10.3. The zero-order valence-corrected chi connectivity index (χ0v) is 19.4. The number of carbonyl (C=O) groups excluding carboxylic acids is 3. The summed E-state index contributed by atoms with van der Waals surface area (Å²) in [4.78, 5) is 45.9. The van der Waals surface area contributed by atoms with Gasteiger partial charge in [-0.3, -0.25) is 19.3 Å². The minimum Gasteiger partial charge on any atom is -0.506 e. The van der Waals surface area contributed by atoms with E-state index in [-0.39, 0.29) is 29.0 Å². The molecule has 176 valence electrons. The van der Waals surface area contributed by atoms with Crippen molar-refractivity contribution < 1.29 is 19.5 Å². The molecule has 4 rings (SSSR count). The first-order valence-electron chi connectivity index (χ1n) is 11.6. The van der Waals surface area contributed by atoms with Crippen molar-refractivity contribution in [3.63, 3.8) is 0 Å². The van der Waals surface area contributed by atoms with E-state index < -0.39 is 6.04 Å². The third-order valence-corrected chi connectivity index (χ3v) is 6.69. The summed E-state index contributed by atoms with van der Waals surface area (Å²) in [7, 11) is 3.49. The molecule has 0 aliphatic carbocycles. The maximum absolute atomic E-state index is 13.4. The fourth-order valence-electron chi connectivity index (χ4n) is 4.74. The lowest BCUT2D eigenvalue weighted by molar-refractivity contribution is -0.135. The highest BCUT2D eigenvalue weighted by atomic mass is 16.3. The largest absolute Gasteiger partial charge is 0.506 e. The number of nitrogens with zero attached hydrogens (tertiary/aromatic N) is 4. The van der Waals surface area contributed by atoms with Crippen LogP contribution in [0.15, 0.2) is 36.4 Å². The molecule has 2 saturated heterocycles. The van der Waals surface area contributed by atoms with Gasteiger partial charge < -0.3 is 19.8 Å². The number of phenolic OH excluding ortho intramolecular Hbond substituents is 1. The van der Waals surface area contributed by atoms with E-state index in [0.29, 0.717) is 44.5 Å². The Bertz CT molecular complexity index is 1050. The summed E-state index contributed by atoms with van der Waals surface area (Å²) < 4.78 is 0. The molecule has 3 amide bonds. The van der Waals surface area contributed by atoms with E-state index in [1.807, 2.05) is 29.2 Å². The molecular formula is C25H32N4O4. The molecule has 2 heterocycles. The number of amides is 3. The Morgan fingerprint density at radius 1 is 0.970 bits per heavy atom. The monoisotopic (exact) mass is 452 g/mol. The van der Waals surface area contributed by atoms with Crippen LogP contribution in [-0.2, 0) is 9.59 Å². The summed E-state index contributed by atoms with van der Waals surface area (Å²) in [6.45, 7) is 3.41. The molecule has 2 aromatic rings. The number of likely N-dealkylation sites (tertiary alicyclic amines) is 1. The third kappa shape index (κ3) is 4.80. The van der Waals surface area contributed by atoms with E-state index in [4.69, 9.17) is 0 Å². The Morgan fingerprint density at radius 2 is 1.76 bits per heavy atom. The maximum atomic E-state index is 13.4. The lowest BCUT2D eigenvalue weighted by atomic mass is 10.0. The van der Waals surface area contributed by atoms with Crippen molar-refractivity contribution in [2.75, 3.05) is 53.4 Å². The van der Waals surface area contributed by atoms with Crippen LogP contribution in [0, 0.1) is 0 Å². The molecule has 0 radical (unpaired) electrons. The summed E-state index contributed by atoms with van der Waals surface area (Å²) in [5.74, 6) is -0.325. The Labute approximate surface area is 194 Å². The van der Waals surface area contributed by atoms with Gasteiger partial charge in [-0.05, 0) is 30.7 Å². The second-order valence-corrected chi connectivity index (χ2v) is 9.08. The van der Waals surface area contributed by atoms with Crippen LogP contribution in [0.3, 0.4) is 0 Å². The second-order valence-electron chi connectivity index (χ2n) is 9.08. The molecule has 0 bridgehead atoms. The molecule has 2 aromatic carbocycles. The van der Waals surface area contributed by atoms with Crippen LogP contribution in [0.25, 0.3) is 10.8 Å². The number of benzene rings is 2. The minimum atomic E-state index is -0.515. The smallest absolute Gasteiger partial charge is 0.258 e. The standard InChI is InChI=1S/C25H32N4O4/c1-26(2)22(30)17-27-12-6-13-28(16-15-27)25(33)21-9-5-14-29(21)24(32)20-11-10-18-7-3-4-8-19(18)23(20)31/h3-4,7-8,10-11,21,31H,5-6,9,12-17H2,1-2H3. The zero-order chi connectivity index (χ0) is 23.5. The van der Waals surface area contributed by atoms with E-state index >= 15 is 0 Å². The molecule has 0 aromatic heterocycles. The normalized spacial score (nSPS) is 19.5. The van der Waals surface area contributed by atoms with Crippen molar-refractivity contribution in [3.8, 4) is 5.75 Å². The SMILES string of the molecule is CN(C)C(=O)CN1CCCN(C(=O)C2CCCN2C(=O)c2ccc3ccccc3c2O)CC1. The van der Waals surface area contributed by atoms with Gasteiger partial charge in [0.05, 0.1) is 12.1 Å². The molecule has 1 unspecified atom stereocenters. The molecule has 2 fully saturated rings. The summed E-state index contributed by atoms with van der Waals surface area (Å²) in [5, 5.41) is 12.2. The summed E-state index contributed by atoms with van der Waals surface area (Å²) in [5.41, 5.74) is 0.234. The number of hydrogen-bond acceptors (Lipinski definition) is 5. The minimum absolute atomic E-state index is 0.0350. The van der Waals surface area contributed by atoms with Gasteiger partial charge in [-0.15, -0.1) is 0 Å². The molecule has 0 spiro atoms. The predicted molar refractivity (Wildman–Crippen MR) is 126 cm³/mol. The van der Waals surface area contributed by atoms with Gasteiger partial charge in [0.2, 0.25) is 11.8 Å². The summed E-state index contributed by atoms with van der Waals surface area (Å²) >= 11 is 0. The first-order valence-corrected chi connectivity index (χ1v) is 11.6. The average molecular weight is 453 g/mol. The van der Waals surface area contributed by atoms with Crippen molar-refractivity contribution >= 4 is 28.5 Å².